The lowest BCUT2D eigenvalue weighted by Crippen LogP contribution is -2.18. The Morgan fingerprint density at radius 3 is 2.62 bits per heavy atom. The van der Waals surface area contributed by atoms with Gasteiger partial charge in [0.05, 0.1) is 15.9 Å². The smallest absolute Gasteiger partial charge is 0.339 e. The van der Waals surface area contributed by atoms with Crippen LogP contribution >= 0.6 is 0 Å². The third-order valence-corrected chi connectivity index (χ3v) is 7.15. The van der Waals surface area contributed by atoms with Crippen LogP contribution in [-0.4, -0.2) is 30.1 Å². The van der Waals surface area contributed by atoms with E-state index in [1.165, 1.54) is 17.7 Å². The predicted molar refractivity (Wildman–Crippen MR) is 148 cm³/mol. The van der Waals surface area contributed by atoms with E-state index >= 15 is 0 Å². The van der Waals surface area contributed by atoms with Crippen molar-refractivity contribution in [2.45, 2.75) is 52.1 Å². The van der Waals surface area contributed by atoms with Gasteiger partial charge in [0.1, 0.15) is 12.4 Å². The number of esters is 1. The summed E-state index contributed by atoms with van der Waals surface area (Å²) in [7, 11) is 0. The summed E-state index contributed by atoms with van der Waals surface area (Å²) in [6.07, 6.45) is 9.43. The quantitative estimate of drug-likeness (QED) is 0.0887. The zero-order valence-electron chi connectivity index (χ0n) is 21.9. The van der Waals surface area contributed by atoms with E-state index in [0.717, 1.165) is 24.7 Å². The van der Waals surface area contributed by atoms with Crippen molar-refractivity contribution < 1.29 is 28.7 Å². The largest absolute Gasteiger partial charge is 0.454 e. The van der Waals surface area contributed by atoms with E-state index in [9.17, 15) is 19.7 Å². The van der Waals surface area contributed by atoms with E-state index in [-0.39, 0.29) is 23.4 Å². The molecule has 39 heavy (non-hydrogen) atoms. The van der Waals surface area contributed by atoms with Gasteiger partial charge in [-0.15, -0.1) is 0 Å². The molecule has 0 saturated heterocycles. The Balaban J connectivity index is 1.63. The van der Waals surface area contributed by atoms with Gasteiger partial charge in [0.15, 0.2) is 11.5 Å². The number of ether oxygens (including phenoxy) is 3. The minimum absolute atomic E-state index is 0.0130. The van der Waals surface area contributed by atoms with E-state index in [2.05, 4.69) is 19.1 Å². The van der Waals surface area contributed by atoms with Crippen molar-refractivity contribution in [1.29, 1.82) is 0 Å². The molecule has 0 bridgehead atoms. The highest BCUT2D eigenvalue weighted by atomic mass is 16.7. The van der Waals surface area contributed by atoms with Gasteiger partial charge in [0.25, 0.3) is 5.69 Å². The molecule has 0 fully saturated rings. The van der Waals surface area contributed by atoms with Crippen LogP contribution < -0.4 is 9.47 Å². The summed E-state index contributed by atoms with van der Waals surface area (Å²) in [6, 6.07) is 10.1. The number of benzene rings is 3. The molecular formula is C31H29NO7. The van der Waals surface area contributed by atoms with E-state index in [4.69, 9.17) is 14.2 Å². The second kappa shape index (κ2) is 11.1. The second-order valence-corrected chi connectivity index (χ2v) is 9.97. The van der Waals surface area contributed by atoms with E-state index in [0.29, 0.717) is 52.5 Å². The summed E-state index contributed by atoms with van der Waals surface area (Å²) >= 11 is 0. The summed E-state index contributed by atoms with van der Waals surface area (Å²) in [5, 5.41) is 14.1. The molecule has 5 rings (SSSR count). The summed E-state index contributed by atoms with van der Waals surface area (Å²) < 4.78 is 17.3. The zero-order chi connectivity index (χ0) is 27.5. The van der Waals surface area contributed by atoms with Crippen LogP contribution in [0, 0.1) is 10.1 Å². The highest BCUT2D eigenvalue weighted by Gasteiger charge is 2.31. The van der Waals surface area contributed by atoms with Gasteiger partial charge in [-0.05, 0) is 68.0 Å². The molecule has 200 valence electrons. The Bertz CT molecular complexity index is 1580. The topological polar surface area (TPSA) is 105 Å². The lowest BCUT2D eigenvalue weighted by molar-refractivity contribution is -0.383. The molecule has 0 aromatic heterocycles. The van der Waals surface area contributed by atoms with Gasteiger partial charge < -0.3 is 14.2 Å². The molecule has 1 heterocycles. The first-order valence-corrected chi connectivity index (χ1v) is 13.0. The summed E-state index contributed by atoms with van der Waals surface area (Å²) in [5.41, 5.74) is 2.62. The molecular weight excluding hydrogens is 498 g/mol. The SMILES string of the molecule is C/C1=C/CC/C(C=O)=C/[C@H](OC(=O)c2cc3c(c4c2c([N+](=O)[O-])cc2ccccc24)OCO3)C/C(C)=C/CC1. The summed E-state index contributed by atoms with van der Waals surface area (Å²) in [5.74, 6) is -0.0577. The van der Waals surface area contributed by atoms with Crippen molar-refractivity contribution in [2.75, 3.05) is 6.79 Å². The number of fused-ring (bicyclic) bond motifs is 5. The fraction of sp³-hybridized carbons (Fsp3) is 0.290. The maximum Gasteiger partial charge on any atom is 0.339 e. The number of allylic oxidation sites excluding steroid dienone is 4. The van der Waals surface area contributed by atoms with E-state index in [1.807, 2.05) is 19.1 Å². The highest BCUT2D eigenvalue weighted by Crippen LogP contribution is 2.47. The number of hydrogen-bond acceptors (Lipinski definition) is 7. The van der Waals surface area contributed by atoms with Crippen molar-refractivity contribution >= 4 is 39.5 Å². The third kappa shape index (κ3) is 5.41. The van der Waals surface area contributed by atoms with Crippen LogP contribution in [0.15, 0.2) is 71.3 Å². The van der Waals surface area contributed by atoms with Crippen LogP contribution in [-0.2, 0) is 9.53 Å². The number of nitrogens with zero attached hydrogens (tertiary/aromatic N) is 1. The summed E-state index contributed by atoms with van der Waals surface area (Å²) in [4.78, 5) is 37.3. The summed E-state index contributed by atoms with van der Waals surface area (Å²) in [6.45, 7) is 3.99. The molecule has 0 unspecified atom stereocenters. The van der Waals surface area contributed by atoms with Crippen molar-refractivity contribution in [3.05, 3.63) is 87.0 Å². The maximum absolute atomic E-state index is 13.8. The normalized spacial score (nSPS) is 21.9. The monoisotopic (exact) mass is 527 g/mol. The zero-order valence-corrected chi connectivity index (χ0v) is 21.9. The van der Waals surface area contributed by atoms with E-state index in [1.54, 1.807) is 18.2 Å². The molecule has 0 amide bonds. The molecule has 0 radical (unpaired) electrons. The van der Waals surface area contributed by atoms with Crippen LogP contribution in [0.4, 0.5) is 5.69 Å². The number of hydrogen-bond donors (Lipinski definition) is 0. The first-order valence-electron chi connectivity index (χ1n) is 13.0. The average molecular weight is 528 g/mol. The Labute approximate surface area is 225 Å². The number of nitro benzene ring substituents is 1. The number of carbonyl (C=O) groups excluding carboxylic acids is 2. The van der Waals surface area contributed by atoms with E-state index < -0.39 is 17.0 Å². The maximum atomic E-state index is 13.8. The minimum atomic E-state index is -0.737. The second-order valence-electron chi connectivity index (χ2n) is 9.97. The predicted octanol–water partition coefficient (Wildman–Crippen LogP) is 7.14. The third-order valence-electron chi connectivity index (χ3n) is 7.15. The van der Waals surface area contributed by atoms with Crippen molar-refractivity contribution in [1.82, 2.24) is 0 Å². The fourth-order valence-electron chi connectivity index (χ4n) is 5.23. The van der Waals surface area contributed by atoms with Crippen LogP contribution in [0.5, 0.6) is 11.5 Å². The molecule has 0 spiro atoms. The average Bonchev–Trinajstić information content (AvgIpc) is 3.39. The molecule has 1 aliphatic carbocycles. The molecule has 3 aromatic carbocycles. The van der Waals surface area contributed by atoms with Gasteiger partial charge in [0, 0.05) is 17.9 Å². The Hall–Kier alpha value is -4.46. The fourth-order valence-corrected chi connectivity index (χ4v) is 5.23. The molecule has 0 saturated carbocycles. The number of non-ortho nitro benzene ring substituents is 1. The van der Waals surface area contributed by atoms with Gasteiger partial charge in [-0.25, -0.2) is 4.79 Å². The number of nitro groups is 1. The number of carbonyl (C=O) groups is 2. The van der Waals surface area contributed by atoms with Gasteiger partial charge in [0.2, 0.25) is 6.79 Å². The van der Waals surface area contributed by atoms with Crippen molar-refractivity contribution in [3.8, 4) is 11.5 Å². The lowest BCUT2D eigenvalue weighted by Gasteiger charge is -2.18. The standard InChI is InChI=1S/C31H29NO7/c1-19-7-5-9-20(2)13-23(14-21(17-33)10-6-8-19)39-31(34)25-16-27-30(38-18-37-27)29-24-12-4-3-11-22(24)15-26(28(25)29)32(35)36/h3-4,8-9,11-12,14-17,23H,5-7,10,13,18H2,1-2H3/b19-8-,20-9+,21-14-/t23-/m1/s1. The Morgan fingerprint density at radius 1 is 1.05 bits per heavy atom. The first kappa shape index (κ1) is 26.2. The van der Waals surface area contributed by atoms with Crippen LogP contribution in [0.25, 0.3) is 21.5 Å². The molecule has 8 heteroatoms. The van der Waals surface area contributed by atoms with Crippen molar-refractivity contribution in [3.63, 3.8) is 0 Å². The molecule has 1 atom stereocenters. The van der Waals surface area contributed by atoms with Gasteiger partial charge in [-0.3, -0.25) is 14.9 Å². The van der Waals surface area contributed by atoms with Crippen LogP contribution in [0.1, 0.15) is 56.3 Å². The van der Waals surface area contributed by atoms with Crippen LogP contribution in [0.2, 0.25) is 0 Å². The van der Waals surface area contributed by atoms with Crippen LogP contribution in [0.3, 0.4) is 0 Å². The number of aldehydes is 1. The van der Waals surface area contributed by atoms with Gasteiger partial charge >= 0.3 is 5.97 Å². The Kier molecular flexibility index (Phi) is 7.45. The lowest BCUT2D eigenvalue weighted by atomic mass is 9.95. The highest BCUT2D eigenvalue weighted by molar-refractivity contribution is 6.21. The molecule has 2 aliphatic rings. The molecule has 3 aromatic rings. The first-order chi connectivity index (χ1) is 18.9. The molecule has 8 nitrogen and oxygen atoms in total. The Morgan fingerprint density at radius 2 is 1.82 bits per heavy atom. The minimum Gasteiger partial charge on any atom is -0.454 e. The van der Waals surface area contributed by atoms with Crippen molar-refractivity contribution in [2.24, 2.45) is 0 Å². The van der Waals surface area contributed by atoms with Gasteiger partial charge in [-0.1, -0.05) is 47.6 Å². The molecule has 1 aliphatic heterocycles. The number of rotatable bonds is 4. The molecule has 0 N–H and O–H groups in total. The van der Waals surface area contributed by atoms with Gasteiger partial charge in [-0.2, -0.15) is 0 Å².